The Balaban J connectivity index is 1.08. The lowest BCUT2D eigenvalue weighted by molar-refractivity contribution is 0.0948. The molecular weight excluding hydrogens is 498 g/mol. The van der Waals surface area contributed by atoms with Crippen molar-refractivity contribution in [3.05, 3.63) is 77.5 Å². The zero-order valence-corrected chi connectivity index (χ0v) is 22.8. The van der Waals surface area contributed by atoms with Gasteiger partial charge in [-0.1, -0.05) is 35.9 Å². The lowest BCUT2D eigenvalue weighted by Gasteiger charge is -2.38. The van der Waals surface area contributed by atoms with Crippen molar-refractivity contribution in [2.45, 2.75) is 44.8 Å². The fourth-order valence-electron chi connectivity index (χ4n) is 5.54. The number of hydrogen-bond acceptors (Lipinski definition) is 6. The van der Waals surface area contributed by atoms with Gasteiger partial charge in [0, 0.05) is 69.3 Å². The predicted molar refractivity (Wildman–Crippen MR) is 152 cm³/mol. The number of amides is 1. The van der Waals surface area contributed by atoms with Gasteiger partial charge in [0.05, 0.1) is 6.33 Å². The molecule has 2 saturated heterocycles. The van der Waals surface area contributed by atoms with Crippen LogP contribution in [0.5, 0.6) is 0 Å². The van der Waals surface area contributed by atoms with Crippen LogP contribution in [-0.2, 0) is 13.1 Å². The molecular formula is C29H38ClN7O. The third kappa shape index (κ3) is 7.12. The number of nitrogens with one attached hydrogen (secondary N) is 1. The predicted octanol–water partition coefficient (Wildman–Crippen LogP) is 3.93. The second-order valence-corrected chi connectivity index (χ2v) is 10.7. The summed E-state index contributed by atoms with van der Waals surface area (Å²) in [7, 11) is 0. The van der Waals surface area contributed by atoms with E-state index in [1.165, 1.54) is 18.4 Å². The van der Waals surface area contributed by atoms with Crippen LogP contribution in [0.4, 0.5) is 5.82 Å². The smallest absolute Gasteiger partial charge is 0.269 e. The summed E-state index contributed by atoms with van der Waals surface area (Å²) < 4.78 is 2.01. The average Bonchev–Trinajstić information content (AvgIpc) is 3.35. The van der Waals surface area contributed by atoms with Gasteiger partial charge in [-0.2, -0.15) is 0 Å². The Kier molecular flexibility index (Phi) is 9.28. The number of benzene rings is 1. The number of rotatable bonds is 9. The van der Waals surface area contributed by atoms with Crippen molar-refractivity contribution in [1.82, 2.24) is 29.7 Å². The summed E-state index contributed by atoms with van der Waals surface area (Å²) in [4.78, 5) is 29.0. The zero-order chi connectivity index (χ0) is 26.2. The third-order valence-electron chi connectivity index (χ3n) is 7.68. The van der Waals surface area contributed by atoms with E-state index in [4.69, 9.17) is 16.6 Å². The standard InChI is InChI=1S/C29H38ClN7O/c30-26-7-2-1-6-24(26)22-34-17-10-25(11-18-34)36-15-5-16-37(21-20-36)28-9-3-8-27(33-28)29(38)32-12-4-14-35-19-13-31-23-35/h1-3,6-9,13,19,23,25H,4-5,10-12,14-18,20-22H2,(H,32,38). The molecule has 8 nitrogen and oxygen atoms in total. The Labute approximate surface area is 230 Å². The van der Waals surface area contributed by atoms with Crippen LogP contribution in [0.25, 0.3) is 0 Å². The molecule has 0 bridgehead atoms. The molecule has 5 rings (SSSR count). The van der Waals surface area contributed by atoms with E-state index < -0.39 is 0 Å². The monoisotopic (exact) mass is 535 g/mol. The number of nitrogens with zero attached hydrogens (tertiary/aromatic N) is 6. The quantitative estimate of drug-likeness (QED) is 0.419. The molecule has 2 aromatic heterocycles. The maximum Gasteiger partial charge on any atom is 0.269 e. The number of likely N-dealkylation sites (tertiary alicyclic amines) is 1. The number of imidazole rings is 1. The zero-order valence-electron chi connectivity index (χ0n) is 22.0. The summed E-state index contributed by atoms with van der Waals surface area (Å²) in [6.07, 6.45) is 9.83. The molecule has 3 aromatic rings. The van der Waals surface area contributed by atoms with Crippen LogP contribution in [-0.4, -0.2) is 82.1 Å². The van der Waals surface area contributed by atoms with E-state index >= 15 is 0 Å². The summed E-state index contributed by atoms with van der Waals surface area (Å²) >= 11 is 6.38. The molecule has 2 fully saturated rings. The largest absolute Gasteiger partial charge is 0.355 e. The molecule has 2 aliphatic heterocycles. The molecule has 38 heavy (non-hydrogen) atoms. The first-order chi connectivity index (χ1) is 18.7. The molecule has 9 heteroatoms. The van der Waals surface area contributed by atoms with Crippen molar-refractivity contribution in [3.63, 3.8) is 0 Å². The van der Waals surface area contributed by atoms with E-state index in [9.17, 15) is 4.79 Å². The minimum atomic E-state index is -0.113. The fraction of sp³-hybridized carbons (Fsp3) is 0.483. The number of piperidine rings is 1. The molecule has 202 valence electrons. The van der Waals surface area contributed by atoms with Crippen LogP contribution in [0.15, 0.2) is 61.2 Å². The Morgan fingerprint density at radius 3 is 2.68 bits per heavy atom. The summed E-state index contributed by atoms with van der Waals surface area (Å²) in [5.74, 6) is 0.782. The van der Waals surface area contributed by atoms with E-state index in [-0.39, 0.29) is 5.91 Å². The van der Waals surface area contributed by atoms with E-state index in [1.807, 2.05) is 35.0 Å². The van der Waals surface area contributed by atoms with Crippen molar-refractivity contribution < 1.29 is 4.79 Å². The first-order valence-corrected chi connectivity index (χ1v) is 14.2. The lowest BCUT2D eigenvalue weighted by atomic mass is 10.0. The molecule has 0 atom stereocenters. The highest BCUT2D eigenvalue weighted by Crippen LogP contribution is 2.23. The van der Waals surface area contributed by atoms with Gasteiger partial charge in [0.25, 0.3) is 5.91 Å². The molecule has 1 amide bonds. The minimum absolute atomic E-state index is 0.113. The van der Waals surface area contributed by atoms with E-state index in [2.05, 4.69) is 37.1 Å². The summed E-state index contributed by atoms with van der Waals surface area (Å²) in [5.41, 5.74) is 1.70. The molecule has 0 saturated carbocycles. The second kappa shape index (κ2) is 13.2. The van der Waals surface area contributed by atoms with Gasteiger partial charge < -0.3 is 14.8 Å². The van der Waals surface area contributed by atoms with Gasteiger partial charge in [0.1, 0.15) is 11.5 Å². The van der Waals surface area contributed by atoms with Gasteiger partial charge in [-0.05, 0) is 62.5 Å². The minimum Gasteiger partial charge on any atom is -0.355 e. The molecule has 4 heterocycles. The van der Waals surface area contributed by atoms with Crippen LogP contribution in [0.2, 0.25) is 5.02 Å². The summed E-state index contributed by atoms with van der Waals surface area (Å²) in [5, 5.41) is 3.87. The third-order valence-corrected chi connectivity index (χ3v) is 8.05. The van der Waals surface area contributed by atoms with Gasteiger partial charge in [0.15, 0.2) is 0 Å². The van der Waals surface area contributed by atoms with Crippen LogP contribution in [0.3, 0.4) is 0 Å². The van der Waals surface area contributed by atoms with Crippen molar-refractivity contribution in [3.8, 4) is 0 Å². The SMILES string of the molecule is O=C(NCCCn1ccnc1)c1cccc(N2CCCN(C3CCN(Cc4ccccc4Cl)CC3)CC2)n1. The summed E-state index contributed by atoms with van der Waals surface area (Å²) in [6, 6.07) is 14.6. The number of hydrogen-bond donors (Lipinski definition) is 1. The maximum atomic E-state index is 12.7. The van der Waals surface area contributed by atoms with Gasteiger partial charge in [-0.3, -0.25) is 14.6 Å². The maximum absolute atomic E-state index is 12.7. The van der Waals surface area contributed by atoms with Gasteiger partial charge in [-0.15, -0.1) is 0 Å². The van der Waals surface area contributed by atoms with Crippen LogP contribution < -0.4 is 10.2 Å². The van der Waals surface area contributed by atoms with E-state index in [0.29, 0.717) is 18.3 Å². The lowest BCUT2D eigenvalue weighted by Crippen LogP contribution is -2.46. The number of pyridine rings is 1. The fourth-order valence-corrected chi connectivity index (χ4v) is 5.74. The average molecular weight is 536 g/mol. The number of aromatic nitrogens is 3. The Morgan fingerprint density at radius 2 is 1.87 bits per heavy atom. The molecule has 2 aliphatic rings. The molecule has 0 aliphatic carbocycles. The first kappa shape index (κ1) is 26.7. The highest BCUT2D eigenvalue weighted by molar-refractivity contribution is 6.31. The summed E-state index contributed by atoms with van der Waals surface area (Å²) in [6.45, 7) is 8.63. The van der Waals surface area contributed by atoms with Crippen LogP contribution >= 0.6 is 11.6 Å². The topological polar surface area (TPSA) is 69.5 Å². The Morgan fingerprint density at radius 1 is 1.00 bits per heavy atom. The normalized spacial score (nSPS) is 17.9. The Bertz CT molecular complexity index is 1160. The Hall–Kier alpha value is -2.94. The van der Waals surface area contributed by atoms with E-state index in [0.717, 1.165) is 76.0 Å². The molecule has 0 unspecified atom stereocenters. The number of aryl methyl sites for hydroxylation is 1. The number of halogens is 1. The molecule has 1 aromatic carbocycles. The van der Waals surface area contributed by atoms with Gasteiger partial charge in [-0.25, -0.2) is 9.97 Å². The van der Waals surface area contributed by atoms with Gasteiger partial charge >= 0.3 is 0 Å². The molecule has 0 radical (unpaired) electrons. The number of carbonyl (C=O) groups excluding carboxylic acids is 1. The van der Waals surface area contributed by atoms with Crippen LogP contribution in [0.1, 0.15) is 41.7 Å². The van der Waals surface area contributed by atoms with Crippen molar-refractivity contribution in [1.29, 1.82) is 0 Å². The second-order valence-electron chi connectivity index (χ2n) is 10.3. The number of carbonyl (C=O) groups is 1. The molecule has 1 N–H and O–H groups in total. The highest BCUT2D eigenvalue weighted by Gasteiger charge is 2.27. The van der Waals surface area contributed by atoms with Crippen molar-refractivity contribution >= 4 is 23.3 Å². The first-order valence-electron chi connectivity index (χ1n) is 13.8. The molecule has 0 spiro atoms. The van der Waals surface area contributed by atoms with Crippen molar-refractivity contribution in [2.24, 2.45) is 0 Å². The van der Waals surface area contributed by atoms with E-state index in [1.54, 1.807) is 18.6 Å². The van der Waals surface area contributed by atoms with Crippen LogP contribution in [0, 0.1) is 0 Å². The van der Waals surface area contributed by atoms with Gasteiger partial charge in [0.2, 0.25) is 0 Å². The number of anilines is 1. The van der Waals surface area contributed by atoms with Crippen molar-refractivity contribution in [2.75, 3.05) is 50.7 Å². The highest BCUT2D eigenvalue weighted by atomic mass is 35.5.